The van der Waals surface area contributed by atoms with E-state index in [1.54, 1.807) is 0 Å². The number of nitrogens with zero attached hydrogens (tertiary/aromatic N) is 2. The summed E-state index contributed by atoms with van der Waals surface area (Å²) in [7, 11) is 0. The van der Waals surface area contributed by atoms with E-state index in [1.807, 2.05) is 0 Å². The summed E-state index contributed by atoms with van der Waals surface area (Å²) in [6.07, 6.45) is -2.22. The molecule has 1 aromatic heterocycles. The number of hydroxylamine groups is 2. The molecule has 5 nitrogen and oxygen atoms in total. The zero-order chi connectivity index (χ0) is 12.4. The predicted molar refractivity (Wildman–Crippen MR) is 52.4 cm³/mol. The molecule has 0 radical (unpaired) electrons. The lowest BCUT2D eigenvalue weighted by Crippen LogP contribution is -2.27. The largest absolute Gasteiger partial charge is 0.463 e. The van der Waals surface area contributed by atoms with E-state index >= 15 is 0 Å². The van der Waals surface area contributed by atoms with Crippen molar-refractivity contribution in [1.29, 1.82) is 0 Å². The number of rotatable bonds is 2. The molecular weight excluding hydrogens is 234 g/mol. The molecule has 0 spiro atoms. The Morgan fingerprint density at radius 1 is 1.65 bits per heavy atom. The van der Waals surface area contributed by atoms with Crippen LogP contribution in [0.25, 0.3) is 0 Å². The Balaban J connectivity index is 2.27. The first-order valence-corrected chi connectivity index (χ1v) is 4.98. The van der Waals surface area contributed by atoms with E-state index in [1.165, 1.54) is 18.3 Å². The fourth-order valence-corrected chi connectivity index (χ4v) is 1.75. The van der Waals surface area contributed by atoms with E-state index in [2.05, 4.69) is 4.98 Å². The lowest BCUT2D eigenvalue weighted by atomic mass is 10.1. The molecule has 1 aliphatic heterocycles. The number of alkyl halides is 2. The summed E-state index contributed by atoms with van der Waals surface area (Å²) in [5.41, 5.74) is 0.106. The van der Waals surface area contributed by atoms with Gasteiger partial charge in [0, 0.05) is 12.6 Å². The molecule has 0 aliphatic carbocycles. The first kappa shape index (κ1) is 11.7. The summed E-state index contributed by atoms with van der Waals surface area (Å²) in [6.45, 7) is 0.253. The van der Waals surface area contributed by atoms with Crippen molar-refractivity contribution in [2.45, 2.75) is 18.9 Å². The Bertz CT molecular complexity index is 428. The van der Waals surface area contributed by atoms with E-state index in [0.29, 0.717) is 12.0 Å². The highest BCUT2D eigenvalue weighted by Gasteiger charge is 2.32. The van der Waals surface area contributed by atoms with Crippen LogP contribution in [0.1, 0.15) is 30.1 Å². The summed E-state index contributed by atoms with van der Waals surface area (Å²) in [6, 6.07) is 2.18. The quantitative estimate of drug-likeness (QED) is 0.867. The smallest absolute Gasteiger partial charge is 0.432 e. The normalized spacial score (nSPS) is 19.9. The zero-order valence-corrected chi connectivity index (χ0v) is 8.72. The van der Waals surface area contributed by atoms with Gasteiger partial charge in [-0.2, -0.15) is 5.06 Å². The van der Waals surface area contributed by atoms with Crippen molar-refractivity contribution < 1.29 is 23.5 Å². The number of amides is 1. The number of aromatic nitrogens is 1. The van der Waals surface area contributed by atoms with E-state index in [4.69, 9.17) is 9.94 Å². The predicted octanol–water partition coefficient (Wildman–Crippen LogP) is 2.38. The molecule has 92 valence electrons. The number of hydrogen-bond acceptors (Lipinski definition) is 3. The van der Waals surface area contributed by atoms with Crippen LogP contribution in [-0.2, 0) is 4.84 Å². The molecule has 1 aromatic rings. The van der Waals surface area contributed by atoms with E-state index in [0.717, 1.165) is 5.06 Å². The highest BCUT2D eigenvalue weighted by atomic mass is 19.3. The maximum Gasteiger partial charge on any atom is 0.432 e. The van der Waals surface area contributed by atoms with Crippen LogP contribution in [0.2, 0.25) is 0 Å². The first-order valence-electron chi connectivity index (χ1n) is 4.98. The van der Waals surface area contributed by atoms with Gasteiger partial charge in [0.2, 0.25) is 0 Å². The second-order valence-electron chi connectivity index (χ2n) is 3.56. The minimum atomic E-state index is -2.67. The average molecular weight is 244 g/mol. The second kappa shape index (κ2) is 4.62. The van der Waals surface area contributed by atoms with E-state index in [-0.39, 0.29) is 12.3 Å². The highest BCUT2D eigenvalue weighted by molar-refractivity contribution is 5.64. The monoisotopic (exact) mass is 244 g/mol. The van der Waals surface area contributed by atoms with Gasteiger partial charge in [-0.15, -0.1) is 0 Å². The molecule has 2 heterocycles. The van der Waals surface area contributed by atoms with Crippen LogP contribution in [0.5, 0.6) is 0 Å². The van der Waals surface area contributed by atoms with Crippen molar-refractivity contribution in [3.05, 3.63) is 29.6 Å². The Labute approximate surface area is 95.6 Å². The summed E-state index contributed by atoms with van der Waals surface area (Å²) >= 11 is 0. The standard InChI is InChI=1S/C10H10F2N2O3/c11-9(12)7-5-6(1-3-13-7)8-2-4-17-14(8)10(15)16/h1,3,5,8-9H,2,4H2,(H,15,16)/t8-/m0/s1. The number of hydrogen-bond donors (Lipinski definition) is 1. The van der Waals surface area contributed by atoms with Gasteiger partial charge in [-0.05, 0) is 17.7 Å². The van der Waals surface area contributed by atoms with E-state index in [9.17, 15) is 13.6 Å². The van der Waals surface area contributed by atoms with Crippen LogP contribution in [0.15, 0.2) is 18.3 Å². The Hall–Kier alpha value is -1.76. The molecule has 1 N–H and O–H groups in total. The molecule has 0 saturated carbocycles. The Morgan fingerprint density at radius 2 is 2.41 bits per heavy atom. The van der Waals surface area contributed by atoms with Gasteiger partial charge in [0.1, 0.15) is 5.69 Å². The lowest BCUT2D eigenvalue weighted by Gasteiger charge is -2.19. The van der Waals surface area contributed by atoms with Gasteiger partial charge in [0.05, 0.1) is 12.6 Å². The molecule has 7 heteroatoms. The SMILES string of the molecule is O=C(O)N1OCC[C@H]1c1ccnc(C(F)F)c1. The van der Waals surface area contributed by atoms with Gasteiger partial charge in [0.15, 0.2) is 0 Å². The molecule has 1 saturated heterocycles. The minimum absolute atomic E-state index is 0.253. The Morgan fingerprint density at radius 3 is 3.06 bits per heavy atom. The summed E-state index contributed by atoms with van der Waals surface area (Å²) in [4.78, 5) is 19.3. The molecule has 0 bridgehead atoms. The molecule has 1 aliphatic rings. The van der Waals surface area contributed by atoms with Crippen LogP contribution in [0.4, 0.5) is 13.6 Å². The van der Waals surface area contributed by atoms with Crippen molar-refractivity contribution in [2.75, 3.05) is 6.61 Å². The number of carbonyl (C=O) groups is 1. The van der Waals surface area contributed by atoms with Gasteiger partial charge in [-0.25, -0.2) is 13.6 Å². The minimum Gasteiger partial charge on any atom is -0.463 e. The lowest BCUT2D eigenvalue weighted by molar-refractivity contribution is -0.104. The molecule has 1 fully saturated rings. The zero-order valence-electron chi connectivity index (χ0n) is 8.72. The maximum absolute atomic E-state index is 12.5. The van der Waals surface area contributed by atoms with Crippen molar-refractivity contribution in [3.8, 4) is 0 Å². The fraction of sp³-hybridized carbons (Fsp3) is 0.400. The van der Waals surface area contributed by atoms with Crippen molar-refractivity contribution in [2.24, 2.45) is 0 Å². The van der Waals surface area contributed by atoms with Crippen molar-refractivity contribution >= 4 is 6.09 Å². The third-order valence-electron chi connectivity index (χ3n) is 2.51. The maximum atomic E-state index is 12.5. The molecule has 2 rings (SSSR count). The number of halogens is 2. The number of pyridine rings is 1. The van der Waals surface area contributed by atoms with Crippen LogP contribution < -0.4 is 0 Å². The van der Waals surface area contributed by atoms with Gasteiger partial charge >= 0.3 is 6.09 Å². The topological polar surface area (TPSA) is 62.7 Å². The third-order valence-corrected chi connectivity index (χ3v) is 2.51. The van der Waals surface area contributed by atoms with Crippen LogP contribution in [-0.4, -0.2) is 27.9 Å². The summed E-state index contributed by atoms with van der Waals surface area (Å²) < 4.78 is 24.9. The summed E-state index contributed by atoms with van der Waals surface area (Å²) in [5, 5.41) is 9.64. The third kappa shape index (κ3) is 2.33. The molecule has 0 aromatic carbocycles. The molecule has 1 amide bonds. The number of carboxylic acid groups (broad SMARTS) is 1. The summed E-state index contributed by atoms with van der Waals surface area (Å²) in [5.74, 6) is 0. The molecular formula is C10H10F2N2O3. The molecule has 17 heavy (non-hydrogen) atoms. The average Bonchev–Trinajstić information content (AvgIpc) is 2.78. The van der Waals surface area contributed by atoms with Crippen molar-refractivity contribution in [3.63, 3.8) is 0 Å². The van der Waals surface area contributed by atoms with Gasteiger partial charge in [0.25, 0.3) is 6.43 Å². The van der Waals surface area contributed by atoms with Crippen LogP contribution in [0.3, 0.4) is 0 Å². The highest BCUT2D eigenvalue weighted by Crippen LogP contribution is 2.31. The second-order valence-corrected chi connectivity index (χ2v) is 3.56. The van der Waals surface area contributed by atoms with Gasteiger partial charge in [-0.1, -0.05) is 0 Å². The fourth-order valence-electron chi connectivity index (χ4n) is 1.75. The van der Waals surface area contributed by atoms with Gasteiger partial charge < -0.3 is 5.11 Å². The molecule has 1 atom stereocenters. The Kier molecular flexibility index (Phi) is 3.19. The van der Waals surface area contributed by atoms with Crippen molar-refractivity contribution in [1.82, 2.24) is 10.0 Å². The first-order chi connectivity index (χ1) is 8.09. The van der Waals surface area contributed by atoms with Crippen LogP contribution >= 0.6 is 0 Å². The van der Waals surface area contributed by atoms with Crippen LogP contribution in [0, 0.1) is 0 Å². The molecule has 0 unspecified atom stereocenters. The van der Waals surface area contributed by atoms with E-state index < -0.39 is 18.6 Å². The van der Waals surface area contributed by atoms with Gasteiger partial charge in [-0.3, -0.25) is 9.82 Å².